The van der Waals surface area contributed by atoms with E-state index in [1.165, 1.54) is 10.7 Å². The maximum atomic E-state index is 13.7. The standard InChI is InChI=1S/C39H40F2N6O3/c1-26-37(39(50)47(46(26)5)25-29-13-17-32(40)33(41)22-29)35(48)10-7-6-9-27-14-18-34-31(21-27)24-42-36(43-34)23-28-11-15-30(16-12-28)38(49)45(4)20-8-19-44(2)3/h11-18,21-22,24H,7-8,10,19-20,23,25H2,1-5H3. The predicted molar refractivity (Wildman–Crippen MR) is 189 cm³/mol. The van der Waals surface area contributed by atoms with Crippen molar-refractivity contribution < 1.29 is 18.4 Å². The first-order chi connectivity index (χ1) is 23.9. The Bertz CT molecular complexity index is 2160. The highest BCUT2D eigenvalue weighted by Crippen LogP contribution is 2.17. The molecule has 0 unspecified atom stereocenters. The second kappa shape index (κ2) is 15.8. The lowest BCUT2D eigenvalue weighted by atomic mass is 10.1. The van der Waals surface area contributed by atoms with Crippen LogP contribution in [0.5, 0.6) is 0 Å². The Hall–Kier alpha value is -5.47. The number of rotatable bonds is 12. The van der Waals surface area contributed by atoms with Gasteiger partial charge in [-0.15, -0.1) is 0 Å². The van der Waals surface area contributed by atoms with E-state index in [4.69, 9.17) is 4.98 Å². The van der Waals surface area contributed by atoms with Crippen molar-refractivity contribution in [3.63, 3.8) is 0 Å². The normalized spacial score (nSPS) is 11.1. The first-order valence-electron chi connectivity index (χ1n) is 16.4. The minimum absolute atomic E-state index is 0.00122. The Balaban J connectivity index is 1.17. The molecule has 258 valence electrons. The van der Waals surface area contributed by atoms with Crippen molar-refractivity contribution in [2.75, 3.05) is 34.2 Å². The molecule has 0 radical (unpaired) electrons. The van der Waals surface area contributed by atoms with E-state index in [0.29, 0.717) is 35.6 Å². The molecular weight excluding hydrogens is 638 g/mol. The molecule has 0 spiro atoms. The molecule has 2 heterocycles. The van der Waals surface area contributed by atoms with Gasteiger partial charge < -0.3 is 9.80 Å². The fraction of sp³-hybridized carbons (Fsp3) is 0.308. The van der Waals surface area contributed by atoms with Crippen LogP contribution in [0.3, 0.4) is 0 Å². The Kier molecular flexibility index (Phi) is 11.3. The number of benzene rings is 3. The molecular formula is C39H40F2N6O3. The molecule has 0 bridgehead atoms. The first-order valence-corrected chi connectivity index (χ1v) is 16.4. The van der Waals surface area contributed by atoms with Crippen LogP contribution in [0.1, 0.15) is 68.2 Å². The fourth-order valence-corrected chi connectivity index (χ4v) is 5.67. The molecule has 0 saturated carbocycles. The SMILES string of the molecule is Cc1c(C(=O)CCC#Cc2ccc3nc(Cc4ccc(C(=O)N(C)CCCN(C)C)cc4)ncc3c2)c(=O)n(Cc2ccc(F)c(F)c2)n1C. The molecule has 3 aromatic carbocycles. The summed E-state index contributed by atoms with van der Waals surface area (Å²) >= 11 is 0. The number of carbonyl (C=O) groups is 2. The van der Waals surface area contributed by atoms with Gasteiger partial charge in [0.15, 0.2) is 17.4 Å². The van der Waals surface area contributed by atoms with Gasteiger partial charge in [-0.1, -0.05) is 30.0 Å². The molecule has 50 heavy (non-hydrogen) atoms. The molecule has 9 nitrogen and oxygen atoms in total. The van der Waals surface area contributed by atoms with Crippen LogP contribution < -0.4 is 5.56 Å². The molecule has 0 aliphatic carbocycles. The highest BCUT2D eigenvalue weighted by molar-refractivity contribution is 5.97. The second-order valence-corrected chi connectivity index (χ2v) is 12.6. The van der Waals surface area contributed by atoms with Crippen LogP contribution in [0.25, 0.3) is 10.9 Å². The third kappa shape index (κ3) is 8.57. The van der Waals surface area contributed by atoms with Crippen molar-refractivity contribution in [1.29, 1.82) is 0 Å². The molecule has 0 fully saturated rings. The van der Waals surface area contributed by atoms with Crippen molar-refractivity contribution in [2.45, 2.75) is 39.2 Å². The van der Waals surface area contributed by atoms with E-state index in [-0.39, 0.29) is 36.6 Å². The average molecular weight is 679 g/mol. The monoisotopic (exact) mass is 678 g/mol. The summed E-state index contributed by atoms with van der Waals surface area (Å²) in [6.07, 6.45) is 3.50. The summed E-state index contributed by atoms with van der Waals surface area (Å²) in [5, 5.41) is 0.830. The Morgan fingerprint density at radius 1 is 0.920 bits per heavy atom. The maximum Gasteiger partial charge on any atom is 0.278 e. The number of fused-ring (bicyclic) bond motifs is 1. The van der Waals surface area contributed by atoms with Crippen LogP contribution in [-0.2, 0) is 20.0 Å². The van der Waals surface area contributed by atoms with E-state index in [0.717, 1.165) is 47.1 Å². The summed E-state index contributed by atoms with van der Waals surface area (Å²) in [6.45, 7) is 3.30. The Labute approximate surface area is 290 Å². The van der Waals surface area contributed by atoms with Crippen LogP contribution >= 0.6 is 0 Å². The van der Waals surface area contributed by atoms with Gasteiger partial charge in [0, 0.05) is 68.3 Å². The number of hydrogen-bond donors (Lipinski definition) is 0. The summed E-state index contributed by atoms with van der Waals surface area (Å²) in [5.41, 5.74) is 3.66. The van der Waals surface area contributed by atoms with Gasteiger partial charge in [-0.2, -0.15) is 0 Å². The second-order valence-electron chi connectivity index (χ2n) is 12.6. The molecule has 0 aliphatic heterocycles. The van der Waals surface area contributed by atoms with Crippen LogP contribution in [-0.4, -0.2) is 75.1 Å². The summed E-state index contributed by atoms with van der Waals surface area (Å²) in [7, 11) is 7.51. The molecule has 1 amide bonds. The van der Waals surface area contributed by atoms with E-state index < -0.39 is 17.2 Å². The number of amides is 1. The lowest BCUT2D eigenvalue weighted by Gasteiger charge is -2.18. The predicted octanol–water partition coefficient (Wildman–Crippen LogP) is 5.39. The number of hydrogen-bond acceptors (Lipinski definition) is 6. The molecule has 5 rings (SSSR count). The van der Waals surface area contributed by atoms with E-state index in [2.05, 4.69) is 21.7 Å². The molecule has 2 aromatic heterocycles. The van der Waals surface area contributed by atoms with Gasteiger partial charge in [0.25, 0.3) is 11.5 Å². The van der Waals surface area contributed by atoms with Gasteiger partial charge in [0.1, 0.15) is 11.4 Å². The van der Waals surface area contributed by atoms with Crippen molar-refractivity contribution in [3.05, 3.63) is 128 Å². The zero-order chi connectivity index (χ0) is 35.9. The van der Waals surface area contributed by atoms with Crippen molar-refractivity contribution in [3.8, 4) is 11.8 Å². The zero-order valence-corrected chi connectivity index (χ0v) is 29.0. The average Bonchev–Trinajstić information content (AvgIpc) is 3.30. The zero-order valence-electron chi connectivity index (χ0n) is 29.0. The van der Waals surface area contributed by atoms with Crippen LogP contribution in [0.2, 0.25) is 0 Å². The Morgan fingerprint density at radius 2 is 1.66 bits per heavy atom. The van der Waals surface area contributed by atoms with E-state index in [1.807, 2.05) is 63.6 Å². The molecule has 0 saturated heterocycles. The van der Waals surface area contributed by atoms with E-state index >= 15 is 0 Å². The highest BCUT2D eigenvalue weighted by atomic mass is 19.2. The fourth-order valence-electron chi connectivity index (χ4n) is 5.67. The molecule has 11 heteroatoms. The van der Waals surface area contributed by atoms with Gasteiger partial charge >= 0.3 is 0 Å². The molecule has 0 atom stereocenters. The topological polar surface area (TPSA) is 93.3 Å². The minimum Gasteiger partial charge on any atom is -0.342 e. The number of Topliss-reactive ketones (excluding diaryl/α,β-unsaturated/α-hetero) is 1. The molecule has 0 aliphatic rings. The largest absolute Gasteiger partial charge is 0.342 e. The van der Waals surface area contributed by atoms with E-state index in [9.17, 15) is 23.2 Å². The number of nitrogens with zero attached hydrogens (tertiary/aromatic N) is 6. The number of halogens is 2. The quantitative estimate of drug-likeness (QED) is 0.130. The van der Waals surface area contributed by atoms with Crippen molar-refractivity contribution in [2.24, 2.45) is 7.05 Å². The van der Waals surface area contributed by atoms with Crippen molar-refractivity contribution >= 4 is 22.6 Å². The van der Waals surface area contributed by atoms with Gasteiger partial charge in [0.05, 0.1) is 12.1 Å². The van der Waals surface area contributed by atoms with Gasteiger partial charge in [0.2, 0.25) is 0 Å². The first kappa shape index (κ1) is 35.8. The van der Waals surface area contributed by atoms with Gasteiger partial charge in [-0.05, 0) is 87.6 Å². The van der Waals surface area contributed by atoms with Gasteiger partial charge in [-0.25, -0.2) is 23.4 Å². The third-order valence-electron chi connectivity index (χ3n) is 8.60. The highest BCUT2D eigenvalue weighted by Gasteiger charge is 2.21. The van der Waals surface area contributed by atoms with Gasteiger partial charge in [-0.3, -0.25) is 19.1 Å². The lowest BCUT2D eigenvalue weighted by molar-refractivity contribution is 0.0790. The van der Waals surface area contributed by atoms with Crippen molar-refractivity contribution in [1.82, 2.24) is 29.1 Å². The summed E-state index contributed by atoms with van der Waals surface area (Å²) in [6, 6.07) is 16.6. The molecule has 5 aromatic rings. The number of carbonyl (C=O) groups excluding carboxylic acids is 2. The number of aromatic nitrogens is 4. The minimum atomic E-state index is -0.997. The summed E-state index contributed by atoms with van der Waals surface area (Å²) < 4.78 is 29.9. The van der Waals surface area contributed by atoms with Crippen LogP contribution in [0.4, 0.5) is 8.78 Å². The van der Waals surface area contributed by atoms with Crippen LogP contribution in [0.15, 0.2) is 71.7 Å². The van der Waals surface area contributed by atoms with E-state index in [1.54, 1.807) is 29.7 Å². The number of ketones is 1. The summed E-state index contributed by atoms with van der Waals surface area (Å²) in [4.78, 5) is 52.0. The smallest absolute Gasteiger partial charge is 0.278 e. The third-order valence-corrected chi connectivity index (χ3v) is 8.60. The molecule has 0 N–H and O–H groups in total. The maximum absolute atomic E-state index is 13.7. The summed E-state index contributed by atoms with van der Waals surface area (Å²) in [5.74, 6) is 4.47. The van der Waals surface area contributed by atoms with Crippen LogP contribution in [0, 0.1) is 30.4 Å². The lowest BCUT2D eigenvalue weighted by Crippen LogP contribution is -2.29. The Morgan fingerprint density at radius 3 is 2.38 bits per heavy atom.